The van der Waals surface area contributed by atoms with Gasteiger partial charge in [-0.25, -0.2) is 0 Å². The summed E-state index contributed by atoms with van der Waals surface area (Å²) in [5, 5.41) is 8.81. The standard InChI is InChI=1S/C12H21NO5/c1-5-18-10(14)7-13(6-8(2)3)11(15)9(4)12(16)17/h8-9H,5-7H2,1-4H3,(H,16,17). The Morgan fingerprint density at radius 1 is 1.22 bits per heavy atom. The van der Waals surface area contributed by atoms with E-state index in [0.29, 0.717) is 6.54 Å². The second-order valence-corrected chi connectivity index (χ2v) is 4.48. The Morgan fingerprint density at radius 2 is 1.78 bits per heavy atom. The van der Waals surface area contributed by atoms with Crippen molar-refractivity contribution >= 4 is 17.8 Å². The number of rotatable bonds is 7. The fraction of sp³-hybridized carbons (Fsp3) is 0.750. The van der Waals surface area contributed by atoms with Crippen LogP contribution in [0, 0.1) is 11.8 Å². The van der Waals surface area contributed by atoms with Crippen molar-refractivity contribution in [1.82, 2.24) is 4.90 Å². The number of carboxylic acids is 1. The van der Waals surface area contributed by atoms with E-state index in [0.717, 1.165) is 0 Å². The van der Waals surface area contributed by atoms with E-state index in [1.807, 2.05) is 13.8 Å². The predicted molar refractivity (Wildman–Crippen MR) is 64.9 cm³/mol. The van der Waals surface area contributed by atoms with Crippen LogP contribution in [-0.4, -0.2) is 47.5 Å². The molecule has 0 aliphatic carbocycles. The molecule has 0 fully saturated rings. The molecular weight excluding hydrogens is 238 g/mol. The van der Waals surface area contributed by atoms with Crippen LogP contribution < -0.4 is 0 Å². The van der Waals surface area contributed by atoms with Crippen LogP contribution in [0.1, 0.15) is 27.7 Å². The van der Waals surface area contributed by atoms with Crippen molar-refractivity contribution in [3.05, 3.63) is 0 Å². The zero-order chi connectivity index (χ0) is 14.3. The third kappa shape index (κ3) is 5.65. The minimum Gasteiger partial charge on any atom is -0.481 e. The maximum atomic E-state index is 11.9. The quantitative estimate of drug-likeness (QED) is 0.539. The molecule has 0 aliphatic rings. The molecule has 1 unspecified atom stereocenters. The van der Waals surface area contributed by atoms with Crippen LogP contribution in [0.4, 0.5) is 0 Å². The molecule has 0 aromatic heterocycles. The Labute approximate surface area is 107 Å². The number of hydrogen-bond acceptors (Lipinski definition) is 4. The van der Waals surface area contributed by atoms with Crippen LogP contribution in [0.2, 0.25) is 0 Å². The lowest BCUT2D eigenvalue weighted by atomic mass is 10.1. The van der Waals surface area contributed by atoms with E-state index in [2.05, 4.69) is 0 Å². The first kappa shape index (κ1) is 16.4. The summed E-state index contributed by atoms with van der Waals surface area (Å²) in [6.07, 6.45) is 0. The highest BCUT2D eigenvalue weighted by Crippen LogP contribution is 2.07. The lowest BCUT2D eigenvalue weighted by Gasteiger charge is -2.25. The van der Waals surface area contributed by atoms with Gasteiger partial charge in [-0.1, -0.05) is 13.8 Å². The highest BCUT2D eigenvalue weighted by molar-refractivity contribution is 5.97. The van der Waals surface area contributed by atoms with Crippen molar-refractivity contribution in [2.75, 3.05) is 19.7 Å². The molecule has 0 bridgehead atoms. The van der Waals surface area contributed by atoms with E-state index >= 15 is 0 Å². The molecule has 18 heavy (non-hydrogen) atoms. The smallest absolute Gasteiger partial charge is 0.325 e. The highest BCUT2D eigenvalue weighted by Gasteiger charge is 2.28. The number of esters is 1. The fourth-order valence-electron chi connectivity index (χ4n) is 1.42. The van der Waals surface area contributed by atoms with Gasteiger partial charge in [0, 0.05) is 6.54 Å². The third-order valence-electron chi connectivity index (χ3n) is 2.26. The molecule has 0 aromatic rings. The SMILES string of the molecule is CCOC(=O)CN(CC(C)C)C(=O)C(C)C(=O)O. The summed E-state index contributed by atoms with van der Waals surface area (Å²) in [7, 11) is 0. The summed E-state index contributed by atoms with van der Waals surface area (Å²) in [6, 6.07) is 0. The van der Waals surface area contributed by atoms with Crippen LogP contribution >= 0.6 is 0 Å². The van der Waals surface area contributed by atoms with Crippen LogP contribution in [-0.2, 0) is 19.1 Å². The van der Waals surface area contributed by atoms with Crippen molar-refractivity contribution in [2.45, 2.75) is 27.7 Å². The van der Waals surface area contributed by atoms with Gasteiger partial charge in [-0.05, 0) is 19.8 Å². The average molecular weight is 259 g/mol. The van der Waals surface area contributed by atoms with Gasteiger partial charge < -0.3 is 14.7 Å². The van der Waals surface area contributed by atoms with Gasteiger partial charge in [0.05, 0.1) is 6.61 Å². The lowest BCUT2D eigenvalue weighted by Crippen LogP contribution is -2.43. The topological polar surface area (TPSA) is 83.9 Å². The molecule has 0 rings (SSSR count). The molecule has 0 aliphatic heterocycles. The van der Waals surface area contributed by atoms with E-state index < -0.39 is 23.8 Å². The zero-order valence-electron chi connectivity index (χ0n) is 11.3. The van der Waals surface area contributed by atoms with Crippen molar-refractivity contribution in [3.8, 4) is 0 Å². The Bertz CT molecular complexity index is 314. The first-order valence-electron chi connectivity index (χ1n) is 5.96. The first-order chi connectivity index (χ1) is 8.29. The Hall–Kier alpha value is -1.59. The molecule has 104 valence electrons. The van der Waals surface area contributed by atoms with E-state index in [9.17, 15) is 14.4 Å². The van der Waals surface area contributed by atoms with Gasteiger partial charge in [-0.15, -0.1) is 0 Å². The average Bonchev–Trinajstić information content (AvgIpc) is 2.25. The number of nitrogens with zero attached hydrogens (tertiary/aromatic N) is 1. The van der Waals surface area contributed by atoms with Gasteiger partial charge in [0.1, 0.15) is 12.5 Å². The number of aliphatic carboxylic acids is 1. The first-order valence-corrected chi connectivity index (χ1v) is 5.96. The van der Waals surface area contributed by atoms with E-state index in [1.54, 1.807) is 6.92 Å². The van der Waals surface area contributed by atoms with Gasteiger partial charge in [-0.2, -0.15) is 0 Å². The van der Waals surface area contributed by atoms with Crippen LogP contribution in [0.3, 0.4) is 0 Å². The van der Waals surface area contributed by atoms with Gasteiger partial charge in [0.2, 0.25) is 5.91 Å². The minimum absolute atomic E-state index is 0.143. The Kier molecular flexibility index (Phi) is 7.00. The Balaban J connectivity index is 4.71. The summed E-state index contributed by atoms with van der Waals surface area (Å²) < 4.78 is 4.76. The Morgan fingerprint density at radius 3 is 2.17 bits per heavy atom. The van der Waals surface area contributed by atoms with E-state index in [1.165, 1.54) is 11.8 Å². The van der Waals surface area contributed by atoms with Gasteiger partial charge >= 0.3 is 11.9 Å². The fourth-order valence-corrected chi connectivity index (χ4v) is 1.42. The molecule has 0 heterocycles. The van der Waals surface area contributed by atoms with E-state index in [4.69, 9.17) is 9.84 Å². The molecule has 0 saturated carbocycles. The largest absolute Gasteiger partial charge is 0.481 e. The van der Waals surface area contributed by atoms with Crippen molar-refractivity contribution in [2.24, 2.45) is 11.8 Å². The van der Waals surface area contributed by atoms with Crippen LogP contribution in [0.25, 0.3) is 0 Å². The highest BCUT2D eigenvalue weighted by atomic mass is 16.5. The molecular formula is C12H21NO5. The molecule has 0 saturated heterocycles. The zero-order valence-corrected chi connectivity index (χ0v) is 11.3. The predicted octanol–water partition coefficient (Wildman–Crippen LogP) is 0.755. The molecule has 0 spiro atoms. The van der Waals surface area contributed by atoms with Crippen LogP contribution in [0.5, 0.6) is 0 Å². The van der Waals surface area contributed by atoms with Crippen LogP contribution in [0.15, 0.2) is 0 Å². The second-order valence-electron chi connectivity index (χ2n) is 4.48. The molecule has 1 atom stereocenters. The molecule has 0 aromatic carbocycles. The summed E-state index contributed by atoms with van der Waals surface area (Å²) in [5.74, 6) is -3.30. The third-order valence-corrected chi connectivity index (χ3v) is 2.26. The summed E-state index contributed by atoms with van der Waals surface area (Å²) in [6.45, 7) is 7.11. The normalized spacial score (nSPS) is 12.1. The maximum absolute atomic E-state index is 11.9. The summed E-state index contributed by atoms with van der Waals surface area (Å²) in [5.41, 5.74) is 0. The number of ether oxygens (including phenoxy) is 1. The number of carbonyl (C=O) groups excluding carboxylic acids is 2. The second kappa shape index (κ2) is 7.68. The molecule has 0 radical (unpaired) electrons. The minimum atomic E-state index is -1.20. The monoisotopic (exact) mass is 259 g/mol. The molecule has 6 nitrogen and oxygen atoms in total. The molecule has 6 heteroatoms. The van der Waals surface area contributed by atoms with Gasteiger partial charge in [-0.3, -0.25) is 14.4 Å². The summed E-state index contributed by atoms with van der Waals surface area (Å²) >= 11 is 0. The van der Waals surface area contributed by atoms with Gasteiger partial charge in [0.15, 0.2) is 0 Å². The number of carboxylic acid groups (broad SMARTS) is 1. The van der Waals surface area contributed by atoms with Crippen molar-refractivity contribution < 1.29 is 24.2 Å². The number of carbonyl (C=O) groups is 3. The number of amides is 1. The maximum Gasteiger partial charge on any atom is 0.325 e. The number of hydrogen-bond donors (Lipinski definition) is 1. The molecule has 1 N–H and O–H groups in total. The molecule has 1 amide bonds. The van der Waals surface area contributed by atoms with Crippen molar-refractivity contribution in [3.63, 3.8) is 0 Å². The van der Waals surface area contributed by atoms with Crippen molar-refractivity contribution in [1.29, 1.82) is 0 Å². The van der Waals surface area contributed by atoms with Gasteiger partial charge in [0.25, 0.3) is 0 Å². The van der Waals surface area contributed by atoms with E-state index in [-0.39, 0.29) is 19.1 Å². The summed E-state index contributed by atoms with van der Waals surface area (Å²) in [4.78, 5) is 35.3. The lowest BCUT2D eigenvalue weighted by molar-refractivity contribution is -0.155.